The number of hydrogen-bond acceptors (Lipinski definition) is 4. The van der Waals surface area contributed by atoms with E-state index < -0.39 is 0 Å². The summed E-state index contributed by atoms with van der Waals surface area (Å²) in [6, 6.07) is 8.91. The summed E-state index contributed by atoms with van der Waals surface area (Å²) >= 11 is 0. The van der Waals surface area contributed by atoms with Crippen molar-refractivity contribution < 1.29 is 19.7 Å². The molecule has 0 unspecified atom stereocenters. The van der Waals surface area contributed by atoms with E-state index in [0.717, 1.165) is 29.5 Å². The van der Waals surface area contributed by atoms with Gasteiger partial charge in [0.05, 0.1) is 14.2 Å². The topological polar surface area (TPSA) is 58.9 Å². The van der Waals surface area contributed by atoms with Crippen LogP contribution in [-0.4, -0.2) is 24.4 Å². The van der Waals surface area contributed by atoms with Crippen molar-refractivity contribution in [2.75, 3.05) is 14.2 Å². The summed E-state index contributed by atoms with van der Waals surface area (Å²) in [7, 11) is 3.12. The lowest BCUT2D eigenvalue weighted by Gasteiger charge is -2.10. The van der Waals surface area contributed by atoms with E-state index in [9.17, 15) is 10.2 Å². The smallest absolute Gasteiger partial charge is 0.163 e. The minimum atomic E-state index is 0.154. The van der Waals surface area contributed by atoms with Crippen molar-refractivity contribution in [2.45, 2.75) is 19.8 Å². The van der Waals surface area contributed by atoms with E-state index in [-0.39, 0.29) is 11.5 Å². The Hall–Kier alpha value is -2.36. The number of aromatic hydroxyl groups is 2. The summed E-state index contributed by atoms with van der Waals surface area (Å²) in [6.45, 7) is 1.90. The average Bonchev–Trinajstić information content (AvgIpc) is 2.44. The lowest BCUT2D eigenvalue weighted by atomic mass is 10.0. The third kappa shape index (κ3) is 3.60. The van der Waals surface area contributed by atoms with E-state index in [0.29, 0.717) is 11.5 Å². The molecule has 2 aromatic rings. The molecule has 0 saturated heterocycles. The fourth-order valence-electron chi connectivity index (χ4n) is 2.43. The Morgan fingerprint density at radius 2 is 1.52 bits per heavy atom. The van der Waals surface area contributed by atoms with Gasteiger partial charge in [-0.2, -0.15) is 0 Å². The largest absolute Gasteiger partial charge is 0.508 e. The van der Waals surface area contributed by atoms with Crippen molar-refractivity contribution in [1.29, 1.82) is 0 Å². The molecular weight excluding hydrogens is 268 g/mol. The summed E-state index contributed by atoms with van der Waals surface area (Å²) in [5.41, 5.74) is 2.91. The van der Waals surface area contributed by atoms with Crippen LogP contribution in [0.15, 0.2) is 30.3 Å². The van der Waals surface area contributed by atoms with Crippen LogP contribution in [0.5, 0.6) is 23.0 Å². The molecule has 0 aliphatic carbocycles. The highest BCUT2D eigenvalue weighted by Crippen LogP contribution is 2.31. The molecule has 4 heteroatoms. The van der Waals surface area contributed by atoms with Gasteiger partial charge in [-0.15, -0.1) is 0 Å². The lowest BCUT2D eigenvalue weighted by Crippen LogP contribution is -1.95. The van der Waals surface area contributed by atoms with Crippen LogP contribution < -0.4 is 9.47 Å². The fourth-order valence-corrected chi connectivity index (χ4v) is 2.43. The van der Waals surface area contributed by atoms with Crippen LogP contribution in [0, 0.1) is 6.92 Å². The molecule has 21 heavy (non-hydrogen) atoms. The van der Waals surface area contributed by atoms with Crippen LogP contribution in [0.2, 0.25) is 0 Å². The second-order valence-electron chi connectivity index (χ2n) is 5.00. The predicted octanol–water partition coefficient (Wildman–Crippen LogP) is 3.21. The zero-order valence-corrected chi connectivity index (χ0v) is 12.5. The molecule has 4 nitrogen and oxygen atoms in total. The number of phenolic OH excluding ortho intramolecular Hbond substituents is 2. The van der Waals surface area contributed by atoms with Crippen LogP contribution in [0.3, 0.4) is 0 Å². The quantitative estimate of drug-likeness (QED) is 0.887. The monoisotopic (exact) mass is 288 g/mol. The van der Waals surface area contributed by atoms with Gasteiger partial charge < -0.3 is 19.7 Å². The maximum atomic E-state index is 9.91. The van der Waals surface area contributed by atoms with Gasteiger partial charge in [-0.25, -0.2) is 0 Å². The average molecular weight is 288 g/mol. The molecule has 2 rings (SSSR count). The standard InChI is InChI=1S/C17H20O4/c1-11-6-12(9-16(19)17(11)21-3)4-5-13-7-14(18)10-15(8-13)20-2/h6-10,18-19H,4-5H2,1-3H3. The van der Waals surface area contributed by atoms with Gasteiger partial charge in [0, 0.05) is 6.07 Å². The first kappa shape index (κ1) is 15.0. The van der Waals surface area contributed by atoms with E-state index in [4.69, 9.17) is 9.47 Å². The molecule has 0 radical (unpaired) electrons. The molecule has 0 bridgehead atoms. The van der Waals surface area contributed by atoms with Crippen LogP contribution in [0.1, 0.15) is 16.7 Å². The molecule has 0 aromatic heterocycles. The molecule has 0 heterocycles. The summed E-state index contributed by atoms with van der Waals surface area (Å²) in [6.07, 6.45) is 1.50. The van der Waals surface area contributed by atoms with Gasteiger partial charge in [-0.1, -0.05) is 6.07 Å². The maximum Gasteiger partial charge on any atom is 0.163 e. The minimum Gasteiger partial charge on any atom is -0.508 e. The van der Waals surface area contributed by atoms with Gasteiger partial charge in [0.15, 0.2) is 11.5 Å². The normalized spacial score (nSPS) is 10.4. The lowest BCUT2D eigenvalue weighted by molar-refractivity contribution is 0.370. The number of hydrogen-bond donors (Lipinski definition) is 2. The summed E-state index contributed by atoms with van der Waals surface area (Å²) in [5, 5.41) is 19.6. The number of benzene rings is 2. The summed E-state index contributed by atoms with van der Waals surface area (Å²) in [4.78, 5) is 0. The number of ether oxygens (including phenoxy) is 2. The molecular formula is C17H20O4. The predicted molar refractivity (Wildman–Crippen MR) is 81.5 cm³/mol. The van der Waals surface area contributed by atoms with Gasteiger partial charge in [0.25, 0.3) is 0 Å². The molecule has 0 atom stereocenters. The van der Waals surface area contributed by atoms with Gasteiger partial charge >= 0.3 is 0 Å². The Balaban J connectivity index is 2.15. The Bertz CT molecular complexity index is 612. The second kappa shape index (κ2) is 6.39. The maximum absolute atomic E-state index is 9.91. The molecule has 0 saturated carbocycles. The molecule has 0 aliphatic rings. The van der Waals surface area contributed by atoms with Gasteiger partial charge in [-0.3, -0.25) is 0 Å². The number of rotatable bonds is 5. The van der Waals surface area contributed by atoms with Gasteiger partial charge in [0.1, 0.15) is 11.5 Å². The Labute approximate surface area is 124 Å². The van der Waals surface area contributed by atoms with Gasteiger partial charge in [0.2, 0.25) is 0 Å². The highest BCUT2D eigenvalue weighted by Gasteiger charge is 2.08. The molecule has 0 spiro atoms. The Kier molecular flexibility index (Phi) is 4.58. The minimum absolute atomic E-state index is 0.154. The molecule has 0 aliphatic heterocycles. The van der Waals surface area contributed by atoms with Crippen molar-refractivity contribution in [2.24, 2.45) is 0 Å². The van der Waals surface area contributed by atoms with E-state index in [1.165, 1.54) is 0 Å². The summed E-state index contributed by atoms with van der Waals surface area (Å²) < 4.78 is 10.3. The van der Waals surface area contributed by atoms with Crippen LogP contribution in [0.25, 0.3) is 0 Å². The highest BCUT2D eigenvalue weighted by molar-refractivity contribution is 5.48. The number of aryl methyl sites for hydroxylation is 3. The first-order chi connectivity index (χ1) is 10.0. The first-order valence-corrected chi connectivity index (χ1v) is 6.77. The SMILES string of the molecule is COc1cc(O)cc(CCc2cc(C)c(OC)c(O)c2)c1. The van der Waals surface area contributed by atoms with E-state index in [2.05, 4.69) is 0 Å². The Morgan fingerprint density at radius 1 is 0.857 bits per heavy atom. The highest BCUT2D eigenvalue weighted by atomic mass is 16.5. The molecule has 112 valence electrons. The molecule has 0 fully saturated rings. The third-order valence-electron chi connectivity index (χ3n) is 3.41. The van der Waals surface area contributed by atoms with Crippen LogP contribution in [-0.2, 0) is 12.8 Å². The van der Waals surface area contributed by atoms with Crippen molar-refractivity contribution in [3.63, 3.8) is 0 Å². The van der Waals surface area contributed by atoms with Crippen molar-refractivity contribution in [3.05, 3.63) is 47.0 Å². The van der Waals surface area contributed by atoms with Gasteiger partial charge in [-0.05, 0) is 54.7 Å². The Morgan fingerprint density at radius 3 is 2.10 bits per heavy atom. The van der Waals surface area contributed by atoms with Crippen LogP contribution >= 0.6 is 0 Å². The number of methoxy groups -OCH3 is 2. The zero-order chi connectivity index (χ0) is 15.4. The third-order valence-corrected chi connectivity index (χ3v) is 3.41. The van der Waals surface area contributed by atoms with E-state index >= 15 is 0 Å². The van der Waals surface area contributed by atoms with E-state index in [1.807, 2.05) is 19.1 Å². The second-order valence-corrected chi connectivity index (χ2v) is 5.00. The number of phenols is 2. The molecule has 2 aromatic carbocycles. The first-order valence-electron chi connectivity index (χ1n) is 6.77. The van der Waals surface area contributed by atoms with Crippen molar-refractivity contribution >= 4 is 0 Å². The van der Waals surface area contributed by atoms with Crippen molar-refractivity contribution in [3.8, 4) is 23.0 Å². The van der Waals surface area contributed by atoms with Crippen LogP contribution in [0.4, 0.5) is 0 Å². The van der Waals surface area contributed by atoms with Crippen molar-refractivity contribution in [1.82, 2.24) is 0 Å². The van der Waals surface area contributed by atoms with E-state index in [1.54, 1.807) is 32.4 Å². The summed E-state index contributed by atoms with van der Waals surface area (Å²) in [5.74, 6) is 1.50. The fraction of sp³-hybridized carbons (Fsp3) is 0.294. The molecule has 2 N–H and O–H groups in total. The zero-order valence-electron chi connectivity index (χ0n) is 12.5. The molecule has 0 amide bonds.